The Morgan fingerprint density at radius 3 is 1.29 bits per heavy atom. The van der Waals surface area contributed by atoms with Crippen LogP contribution in [0.15, 0.2) is 0 Å². The van der Waals surface area contributed by atoms with Crippen molar-refractivity contribution in [1.29, 1.82) is 0 Å². The molecular formula is C20H34N6O7S2. The largest absolute Gasteiger partial charge is 0.347 e. The van der Waals surface area contributed by atoms with Crippen molar-refractivity contribution < 1.29 is 33.6 Å². The van der Waals surface area contributed by atoms with Gasteiger partial charge < -0.3 is 31.9 Å². The number of nitrogens with one attached hydrogen (secondary N) is 6. The topological polar surface area (TPSA) is 192 Å². The number of Topliss-reactive ketones (excluding diaryl/α,β-unsaturated/α-hetero) is 1. The highest BCUT2D eigenvalue weighted by Crippen LogP contribution is 1.97. The van der Waals surface area contributed by atoms with Gasteiger partial charge in [0, 0.05) is 18.4 Å². The van der Waals surface area contributed by atoms with Crippen LogP contribution in [0.1, 0.15) is 34.6 Å². The fourth-order valence-electron chi connectivity index (χ4n) is 2.48. The fourth-order valence-corrected chi connectivity index (χ4v) is 2.99. The first-order valence-corrected chi connectivity index (χ1v) is 12.0. The van der Waals surface area contributed by atoms with Gasteiger partial charge in [0.15, 0.2) is 0 Å². The van der Waals surface area contributed by atoms with Gasteiger partial charge in [-0.2, -0.15) is 25.3 Å². The third-order valence-electron chi connectivity index (χ3n) is 4.46. The van der Waals surface area contributed by atoms with Crippen LogP contribution in [-0.2, 0) is 33.6 Å². The monoisotopic (exact) mass is 534 g/mol. The van der Waals surface area contributed by atoms with Crippen LogP contribution in [0, 0.1) is 0 Å². The summed E-state index contributed by atoms with van der Waals surface area (Å²) >= 11 is 8.08. The number of hydrogen-bond acceptors (Lipinski definition) is 9. The minimum atomic E-state index is -1.12. The van der Waals surface area contributed by atoms with Crippen LogP contribution >= 0.6 is 25.3 Å². The molecule has 0 radical (unpaired) electrons. The molecule has 0 saturated heterocycles. The summed E-state index contributed by atoms with van der Waals surface area (Å²) in [6, 6.07) is -5.16. The molecule has 6 N–H and O–H groups in total. The molecule has 0 saturated carbocycles. The Hall–Kier alpha value is -2.81. The van der Waals surface area contributed by atoms with E-state index < -0.39 is 65.7 Å². The van der Waals surface area contributed by atoms with E-state index in [1.807, 2.05) is 0 Å². The summed E-state index contributed by atoms with van der Waals surface area (Å²) in [6.07, 6.45) is 0. The van der Waals surface area contributed by atoms with Crippen LogP contribution in [0.2, 0.25) is 0 Å². The highest BCUT2D eigenvalue weighted by Gasteiger charge is 2.28. The summed E-state index contributed by atoms with van der Waals surface area (Å²) in [5, 5.41) is 14.4. The fraction of sp³-hybridized carbons (Fsp3) is 0.650. The smallest absolute Gasteiger partial charge is 0.244 e. The molecule has 0 aliphatic rings. The SMILES string of the molecule is CC(=O)CNC(=O)[C@H](C)NC(=O)[C@H](CS)NC(=O)[C@H](C)NC(=O)[C@H](CS)NC(=O)[C@H](C)NC(C)=O. The van der Waals surface area contributed by atoms with E-state index in [-0.39, 0.29) is 23.8 Å². The van der Waals surface area contributed by atoms with Gasteiger partial charge in [0.25, 0.3) is 0 Å². The van der Waals surface area contributed by atoms with E-state index in [1.54, 1.807) is 0 Å². The summed E-state index contributed by atoms with van der Waals surface area (Å²) in [6.45, 7) is 6.59. The van der Waals surface area contributed by atoms with Crippen molar-refractivity contribution in [3.8, 4) is 0 Å². The predicted molar refractivity (Wildman–Crippen MR) is 134 cm³/mol. The maximum atomic E-state index is 12.5. The average Bonchev–Trinajstić information content (AvgIpc) is 2.77. The van der Waals surface area contributed by atoms with Gasteiger partial charge >= 0.3 is 0 Å². The predicted octanol–water partition coefficient (Wildman–Crippen LogP) is -2.95. The van der Waals surface area contributed by atoms with E-state index in [9.17, 15) is 33.6 Å². The van der Waals surface area contributed by atoms with E-state index in [1.165, 1.54) is 34.6 Å². The Labute approximate surface area is 214 Å². The zero-order valence-corrected chi connectivity index (χ0v) is 22.0. The third kappa shape index (κ3) is 12.5. The van der Waals surface area contributed by atoms with Gasteiger partial charge in [0.2, 0.25) is 35.4 Å². The molecule has 0 fully saturated rings. The van der Waals surface area contributed by atoms with Crippen LogP contribution in [0.25, 0.3) is 0 Å². The van der Waals surface area contributed by atoms with Gasteiger partial charge in [-0.05, 0) is 27.7 Å². The zero-order chi connectivity index (χ0) is 27.3. The Balaban J connectivity index is 4.90. The van der Waals surface area contributed by atoms with Gasteiger partial charge in [-0.15, -0.1) is 0 Å². The standard InChI is InChI=1S/C20H34N6O7S2/c1-9(27)6-21-16(29)10(2)23-19(32)14(7-34)26-18(31)12(4)24-20(33)15(8-35)25-17(30)11(3)22-13(5)28/h10-12,14-15,34-35H,6-8H2,1-5H3,(H,21,29)(H,22,28)(H,23,32)(H,24,33)(H,25,30)(H,26,31)/t10-,11-,12-,14-,15-/m0/s1. The first-order chi connectivity index (χ1) is 16.2. The summed E-state index contributed by atoms with van der Waals surface area (Å²) in [7, 11) is 0. The lowest BCUT2D eigenvalue weighted by atomic mass is 10.2. The summed E-state index contributed by atoms with van der Waals surface area (Å²) in [5.74, 6) is -4.14. The summed E-state index contributed by atoms with van der Waals surface area (Å²) < 4.78 is 0. The highest BCUT2D eigenvalue weighted by molar-refractivity contribution is 7.80. The Kier molecular flexibility index (Phi) is 14.7. The molecule has 198 valence electrons. The van der Waals surface area contributed by atoms with E-state index in [4.69, 9.17) is 0 Å². The lowest BCUT2D eigenvalue weighted by Gasteiger charge is -2.23. The van der Waals surface area contributed by atoms with Gasteiger partial charge in [0.05, 0.1) is 6.54 Å². The van der Waals surface area contributed by atoms with Crippen molar-refractivity contribution in [2.45, 2.75) is 64.8 Å². The number of thiol groups is 2. The van der Waals surface area contributed by atoms with Crippen molar-refractivity contribution in [2.24, 2.45) is 0 Å². The van der Waals surface area contributed by atoms with Crippen molar-refractivity contribution >= 4 is 66.5 Å². The molecule has 0 aliphatic heterocycles. The average molecular weight is 535 g/mol. The van der Waals surface area contributed by atoms with Crippen LogP contribution < -0.4 is 31.9 Å². The number of amides is 6. The number of carbonyl (C=O) groups excluding carboxylic acids is 7. The van der Waals surface area contributed by atoms with Gasteiger partial charge in [0.1, 0.15) is 36.0 Å². The second kappa shape index (κ2) is 16.0. The minimum Gasteiger partial charge on any atom is -0.347 e. The second-order valence-electron chi connectivity index (χ2n) is 7.79. The van der Waals surface area contributed by atoms with Crippen LogP contribution in [0.5, 0.6) is 0 Å². The Morgan fingerprint density at radius 2 is 0.943 bits per heavy atom. The maximum absolute atomic E-state index is 12.5. The molecule has 15 heteroatoms. The molecule has 0 aromatic carbocycles. The maximum Gasteiger partial charge on any atom is 0.244 e. The van der Waals surface area contributed by atoms with Gasteiger partial charge in [-0.25, -0.2) is 0 Å². The number of carbonyl (C=O) groups is 7. The summed E-state index contributed by atoms with van der Waals surface area (Å²) in [5.41, 5.74) is 0. The highest BCUT2D eigenvalue weighted by atomic mass is 32.1. The number of hydrogen-bond donors (Lipinski definition) is 8. The first kappa shape index (κ1) is 32.2. The lowest BCUT2D eigenvalue weighted by Crippen LogP contribution is -2.58. The molecule has 0 aromatic rings. The minimum absolute atomic E-state index is 0.0794. The Bertz CT molecular complexity index is 826. The van der Waals surface area contributed by atoms with Crippen LogP contribution in [-0.4, -0.2) is 89.5 Å². The Morgan fingerprint density at radius 1 is 0.571 bits per heavy atom. The quantitative estimate of drug-likeness (QED) is 0.109. The molecule has 0 bridgehead atoms. The molecule has 0 aromatic heterocycles. The molecule has 0 spiro atoms. The molecule has 0 aliphatic carbocycles. The van der Waals surface area contributed by atoms with Crippen molar-refractivity contribution in [2.75, 3.05) is 18.1 Å². The molecule has 0 unspecified atom stereocenters. The molecule has 0 heterocycles. The van der Waals surface area contributed by atoms with E-state index in [2.05, 4.69) is 57.2 Å². The molecule has 13 nitrogen and oxygen atoms in total. The number of ketones is 1. The molecule has 5 atom stereocenters. The lowest BCUT2D eigenvalue weighted by molar-refractivity contribution is -0.134. The summed E-state index contributed by atoms with van der Waals surface area (Å²) in [4.78, 5) is 83.5. The van der Waals surface area contributed by atoms with E-state index in [0.717, 1.165) is 0 Å². The molecule has 0 rings (SSSR count). The van der Waals surface area contributed by atoms with E-state index >= 15 is 0 Å². The van der Waals surface area contributed by atoms with Crippen molar-refractivity contribution in [1.82, 2.24) is 31.9 Å². The van der Waals surface area contributed by atoms with Crippen LogP contribution in [0.3, 0.4) is 0 Å². The third-order valence-corrected chi connectivity index (χ3v) is 5.19. The van der Waals surface area contributed by atoms with Gasteiger partial charge in [-0.3, -0.25) is 33.6 Å². The second-order valence-corrected chi connectivity index (χ2v) is 8.52. The molecular weight excluding hydrogens is 500 g/mol. The first-order valence-electron chi connectivity index (χ1n) is 10.7. The molecule has 6 amide bonds. The normalized spacial score (nSPS) is 14.7. The van der Waals surface area contributed by atoms with Gasteiger partial charge in [-0.1, -0.05) is 0 Å². The number of rotatable bonds is 14. The molecule has 35 heavy (non-hydrogen) atoms. The zero-order valence-electron chi connectivity index (χ0n) is 20.3. The van der Waals surface area contributed by atoms with Crippen molar-refractivity contribution in [3.05, 3.63) is 0 Å². The van der Waals surface area contributed by atoms with Crippen LogP contribution in [0.4, 0.5) is 0 Å². The van der Waals surface area contributed by atoms with E-state index in [0.29, 0.717) is 0 Å². The van der Waals surface area contributed by atoms with Crippen molar-refractivity contribution in [3.63, 3.8) is 0 Å².